The van der Waals surface area contributed by atoms with Crippen LogP contribution in [-0.4, -0.2) is 20.7 Å². The molecule has 0 saturated carbocycles. The number of aromatic nitrogens is 3. The van der Waals surface area contributed by atoms with Crippen molar-refractivity contribution in [3.8, 4) is 11.1 Å². The highest BCUT2D eigenvalue weighted by Gasteiger charge is 2.26. The summed E-state index contributed by atoms with van der Waals surface area (Å²) in [5.41, 5.74) is 3.39. The van der Waals surface area contributed by atoms with Crippen molar-refractivity contribution >= 4 is 23.1 Å². The van der Waals surface area contributed by atoms with E-state index in [0.29, 0.717) is 11.4 Å². The first kappa shape index (κ1) is 15.1. The van der Waals surface area contributed by atoms with Crippen molar-refractivity contribution in [2.45, 2.75) is 13.5 Å². The Morgan fingerprint density at radius 2 is 2.04 bits per heavy atom. The maximum absolute atomic E-state index is 12.3. The Kier molecular flexibility index (Phi) is 3.78. The number of carbonyl (C=O) groups excluding carboxylic acids is 1. The lowest BCUT2D eigenvalue weighted by atomic mass is 10.0. The summed E-state index contributed by atoms with van der Waals surface area (Å²) < 4.78 is 1.82. The molecule has 3 aromatic rings. The SMILES string of the molecule is CCn1nccc1NC=C1C(=O)Nc2ncc(-c3ccccc3)cc21. The van der Waals surface area contributed by atoms with E-state index in [9.17, 15) is 4.79 Å². The van der Waals surface area contributed by atoms with Gasteiger partial charge in [0, 0.05) is 36.1 Å². The average Bonchev–Trinajstić information content (AvgIpc) is 3.23. The molecule has 0 spiro atoms. The predicted molar refractivity (Wildman–Crippen MR) is 97.8 cm³/mol. The fraction of sp³-hybridized carbons (Fsp3) is 0.105. The van der Waals surface area contributed by atoms with Crippen LogP contribution in [0.1, 0.15) is 12.5 Å². The monoisotopic (exact) mass is 331 g/mol. The van der Waals surface area contributed by atoms with Crippen LogP contribution in [0.25, 0.3) is 16.7 Å². The molecule has 124 valence electrons. The van der Waals surface area contributed by atoms with E-state index in [2.05, 4.69) is 20.7 Å². The van der Waals surface area contributed by atoms with Crippen LogP contribution in [0.5, 0.6) is 0 Å². The van der Waals surface area contributed by atoms with Crippen LogP contribution in [0.3, 0.4) is 0 Å². The fourth-order valence-electron chi connectivity index (χ4n) is 2.85. The standard InChI is InChI=1S/C19H17N5O/c1-2-24-17(8-9-22-24)20-12-16-15-10-14(13-6-4-3-5-7-13)11-21-18(15)23-19(16)25/h3-12,20H,2H2,1H3,(H,21,23,25). The van der Waals surface area contributed by atoms with Gasteiger partial charge in [-0.25, -0.2) is 9.67 Å². The lowest BCUT2D eigenvalue weighted by Gasteiger charge is -2.06. The molecule has 3 heterocycles. The van der Waals surface area contributed by atoms with E-state index in [1.807, 2.05) is 54.1 Å². The van der Waals surface area contributed by atoms with Crippen LogP contribution < -0.4 is 10.6 Å². The van der Waals surface area contributed by atoms with Crippen molar-refractivity contribution in [3.63, 3.8) is 0 Å². The summed E-state index contributed by atoms with van der Waals surface area (Å²) >= 11 is 0. The normalized spacial score (nSPS) is 14.4. The molecular weight excluding hydrogens is 314 g/mol. The summed E-state index contributed by atoms with van der Waals surface area (Å²) in [5.74, 6) is 1.26. The van der Waals surface area contributed by atoms with Crippen molar-refractivity contribution in [2.24, 2.45) is 0 Å². The minimum Gasteiger partial charge on any atom is -0.346 e. The van der Waals surface area contributed by atoms with Crippen LogP contribution in [0, 0.1) is 0 Å². The third-order valence-corrected chi connectivity index (χ3v) is 4.14. The number of benzene rings is 1. The number of hydrogen-bond donors (Lipinski definition) is 2. The number of nitrogens with one attached hydrogen (secondary N) is 2. The van der Waals surface area contributed by atoms with Crippen LogP contribution in [0.15, 0.2) is 61.1 Å². The first-order valence-electron chi connectivity index (χ1n) is 8.12. The first-order chi connectivity index (χ1) is 12.3. The number of hydrogen-bond acceptors (Lipinski definition) is 4. The van der Waals surface area contributed by atoms with Gasteiger partial charge in [0.05, 0.1) is 11.8 Å². The number of rotatable bonds is 4. The topological polar surface area (TPSA) is 71.8 Å². The second-order valence-electron chi connectivity index (χ2n) is 5.67. The minimum atomic E-state index is -0.164. The van der Waals surface area contributed by atoms with E-state index in [0.717, 1.165) is 29.1 Å². The number of fused-ring (bicyclic) bond motifs is 1. The maximum atomic E-state index is 12.3. The molecular formula is C19H17N5O. The third-order valence-electron chi connectivity index (χ3n) is 4.14. The average molecular weight is 331 g/mol. The molecule has 1 aliphatic rings. The molecule has 0 saturated heterocycles. The zero-order valence-corrected chi connectivity index (χ0v) is 13.7. The molecule has 0 fully saturated rings. The Morgan fingerprint density at radius 1 is 1.20 bits per heavy atom. The number of anilines is 2. The Morgan fingerprint density at radius 3 is 2.84 bits per heavy atom. The summed E-state index contributed by atoms with van der Waals surface area (Å²) in [6.45, 7) is 2.76. The Balaban J connectivity index is 1.70. The van der Waals surface area contributed by atoms with Crippen LogP contribution in [0.4, 0.5) is 11.6 Å². The van der Waals surface area contributed by atoms with Gasteiger partial charge in [0.1, 0.15) is 11.6 Å². The van der Waals surface area contributed by atoms with Gasteiger partial charge in [0.2, 0.25) is 0 Å². The van der Waals surface area contributed by atoms with Gasteiger partial charge in [-0.15, -0.1) is 0 Å². The van der Waals surface area contributed by atoms with E-state index in [1.54, 1.807) is 18.6 Å². The second kappa shape index (κ2) is 6.24. The lowest BCUT2D eigenvalue weighted by molar-refractivity contribution is -0.110. The summed E-state index contributed by atoms with van der Waals surface area (Å²) in [6.07, 6.45) is 5.21. The smallest absolute Gasteiger partial charge is 0.259 e. The molecule has 0 unspecified atom stereocenters. The molecule has 1 amide bonds. The molecule has 1 aliphatic heterocycles. The molecule has 2 aromatic heterocycles. The predicted octanol–water partition coefficient (Wildman–Crippen LogP) is 3.37. The first-order valence-corrected chi connectivity index (χ1v) is 8.12. The fourth-order valence-corrected chi connectivity index (χ4v) is 2.85. The van der Waals surface area contributed by atoms with E-state index in [1.165, 1.54) is 0 Å². The number of amides is 1. The van der Waals surface area contributed by atoms with Crippen molar-refractivity contribution in [2.75, 3.05) is 10.6 Å². The Hall–Kier alpha value is -3.41. The summed E-state index contributed by atoms with van der Waals surface area (Å²) in [5, 5.41) is 10.2. The third kappa shape index (κ3) is 2.78. The Bertz CT molecular complexity index is 959. The highest BCUT2D eigenvalue weighted by molar-refractivity contribution is 6.31. The van der Waals surface area contributed by atoms with Gasteiger partial charge in [0.15, 0.2) is 0 Å². The largest absolute Gasteiger partial charge is 0.346 e. The van der Waals surface area contributed by atoms with Gasteiger partial charge in [-0.2, -0.15) is 5.10 Å². The summed E-state index contributed by atoms with van der Waals surface area (Å²) in [6, 6.07) is 13.8. The molecule has 0 aliphatic carbocycles. The highest BCUT2D eigenvalue weighted by atomic mass is 16.2. The molecule has 1 aromatic carbocycles. The second-order valence-corrected chi connectivity index (χ2v) is 5.67. The molecule has 6 heteroatoms. The lowest BCUT2D eigenvalue weighted by Crippen LogP contribution is -2.07. The van der Waals surface area contributed by atoms with Gasteiger partial charge in [0.25, 0.3) is 5.91 Å². The zero-order valence-electron chi connectivity index (χ0n) is 13.7. The Labute approximate surface area is 145 Å². The van der Waals surface area contributed by atoms with E-state index >= 15 is 0 Å². The molecule has 0 radical (unpaired) electrons. The maximum Gasteiger partial charge on any atom is 0.259 e. The van der Waals surface area contributed by atoms with Crippen molar-refractivity contribution < 1.29 is 4.79 Å². The van der Waals surface area contributed by atoms with Gasteiger partial charge in [-0.05, 0) is 18.6 Å². The highest BCUT2D eigenvalue weighted by Crippen LogP contribution is 2.33. The van der Waals surface area contributed by atoms with Crippen molar-refractivity contribution in [3.05, 3.63) is 66.6 Å². The van der Waals surface area contributed by atoms with Gasteiger partial charge >= 0.3 is 0 Å². The molecule has 0 bridgehead atoms. The van der Waals surface area contributed by atoms with Crippen LogP contribution in [0.2, 0.25) is 0 Å². The van der Waals surface area contributed by atoms with Gasteiger partial charge < -0.3 is 10.6 Å². The number of nitrogens with zero attached hydrogens (tertiary/aromatic N) is 3. The number of aryl methyl sites for hydroxylation is 1. The number of carbonyl (C=O) groups is 1. The van der Waals surface area contributed by atoms with E-state index in [-0.39, 0.29) is 5.91 Å². The number of pyridine rings is 1. The van der Waals surface area contributed by atoms with E-state index in [4.69, 9.17) is 0 Å². The molecule has 25 heavy (non-hydrogen) atoms. The van der Waals surface area contributed by atoms with Gasteiger partial charge in [-0.1, -0.05) is 30.3 Å². The van der Waals surface area contributed by atoms with Crippen molar-refractivity contribution in [1.82, 2.24) is 14.8 Å². The van der Waals surface area contributed by atoms with Crippen molar-refractivity contribution in [1.29, 1.82) is 0 Å². The molecule has 2 N–H and O–H groups in total. The summed E-state index contributed by atoms with van der Waals surface area (Å²) in [7, 11) is 0. The van der Waals surface area contributed by atoms with E-state index < -0.39 is 0 Å². The molecule has 0 atom stereocenters. The molecule has 4 rings (SSSR count). The summed E-state index contributed by atoms with van der Waals surface area (Å²) in [4.78, 5) is 16.7. The molecule has 6 nitrogen and oxygen atoms in total. The zero-order chi connectivity index (χ0) is 17.2. The van der Waals surface area contributed by atoms with Gasteiger partial charge in [-0.3, -0.25) is 4.79 Å². The van der Waals surface area contributed by atoms with Crippen LogP contribution in [-0.2, 0) is 11.3 Å². The minimum absolute atomic E-state index is 0.164. The van der Waals surface area contributed by atoms with Crippen LogP contribution >= 0.6 is 0 Å². The quantitative estimate of drug-likeness (QED) is 0.719.